The van der Waals surface area contributed by atoms with Crippen LogP contribution in [0.15, 0.2) is 18.3 Å². The number of hydrogen-bond donors (Lipinski definition) is 2. The van der Waals surface area contributed by atoms with Crippen LogP contribution < -0.4 is 11.1 Å². The Labute approximate surface area is 100 Å². The summed E-state index contributed by atoms with van der Waals surface area (Å²) in [4.78, 5) is 15.7. The van der Waals surface area contributed by atoms with Crippen molar-refractivity contribution in [2.24, 2.45) is 11.7 Å². The molecular formula is C11H16ClN3O. The van der Waals surface area contributed by atoms with Crippen LogP contribution in [0.5, 0.6) is 0 Å². The van der Waals surface area contributed by atoms with Crippen molar-refractivity contribution in [2.45, 2.75) is 26.3 Å². The molecule has 0 aromatic carbocycles. The Bertz CT molecular complexity index is 370. The number of carbonyl (C=O) groups is 1. The fourth-order valence-corrected chi connectivity index (χ4v) is 1.35. The maximum atomic E-state index is 11.7. The largest absolute Gasteiger partial charge is 0.320 e. The molecule has 0 radical (unpaired) electrons. The van der Waals surface area contributed by atoms with E-state index < -0.39 is 6.04 Å². The second-order valence-electron chi connectivity index (χ2n) is 3.76. The smallest absolute Gasteiger partial charge is 0.242 e. The Morgan fingerprint density at radius 3 is 2.94 bits per heavy atom. The number of hydrogen-bond acceptors (Lipinski definition) is 3. The maximum Gasteiger partial charge on any atom is 0.242 e. The lowest BCUT2D eigenvalue weighted by Crippen LogP contribution is -2.40. The third kappa shape index (κ3) is 3.47. The molecule has 1 aromatic rings. The molecule has 16 heavy (non-hydrogen) atoms. The highest BCUT2D eigenvalue weighted by Gasteiger charge is 2.19. The number of halogens is 1. The molecule has 1 rings (SSSR count). The molecule has 0 spiro atoms. The normalized spacial score (nSPS) is 14.2. The van der Waals surface area contributed by atoms with Crippen LogP contribution in [0.2, 0.25) is 5.02 Å². The summed E-state index contributed by atoms with van der Waals surface area (Å²) in [5.41, 5.74) is 5.78. The van der Waals surface area contributed by atoms with Crippen molar-refractivity contribution in [3.05, 3.63) is 23.4 Å². The van der Waals surface area contributed by atoms with Crippen molar-refractivity contribution in [1.82, 2.24) is 4.98 Å². The lowest BCUT2D eigenvalue weighted by molar-refractivity contribution is -0.118. The average Bonchev–Trinajstić information content (AvgIpc) is 2.27. The molecule has 1 amide bonds. The molecule has 4 nitrogen and oxygen atoms in total. The zero-order valence-electron chi connectivity index (χ0n) is 9.40. The summed E-state index contributed by atoms with van der Waals surface area (Å²) in [7, 11) is 0. The zero-order chi connectivity index (χ0) is 12.1. The number of carbonyl (C=O) groups excluding carboxylic acids is 1. The third-order valence-corrected chi connectivity index (χ3v) is 2.77. The maximum absolute atomic E-state index is 11.7. The minimum Gasteiger partial charge on any atom is -0.320 e. The van der Waals surface area contributed by atoms with Gasteiger partial charge in [-0.2, -0.15) is 0 Å². The van der Waals surface area contributed by atoms with E-state index >= 15 is 0 Å². The van der Waals surface area contributed by atoms with Gasteiger partial charge < -0.3 is 11.1 Å². The molecule has 2 atom stereocenters. The number of pyridine rings is 1. The highest BCUT2D eigenvalue weighted by molar-refractivity contribution is 6.30. The Balaban J connectivity index is 2.64. The summed E-state index contributed by atoms with van der Waals surface area (Å²) < 4.78 is 0. The summed E-state index contributed by atoms with van der Waals surface area (Å²) in [6.45, 7) is 3.94. The summed E-state index contributed by atoms with van der Waals surface area (Å²) in [5.74, 6) is 0.333. The Morgan fingerprint density at radius 2 is 2.38 bits per heavy atom. The summed E-state index contributed by atoms with van der Waals surface area (Å²) in [6.07, 6.45) is 2.39. The van der Waals surface area contributed by atoms with Crippen molar-refractivity contribution in [1.29, 1.82) is 0 Å². The highest BCUT2D eigenvalue weighted by atomic mass is 35.5. The van der Waals surface area contributed by atoms with E-state index in [0.29, 0.717) is 10.8 Å². The first-order valence-corrected chi connectivity index (χ1v) is 5.60. The Kier molecular flexibility index (Phi) is 4.71. The first kappa shape index (κ1) is 12.9. The predicted molar refractivity (Wildman–Crippen MR) is 65.3 cm³/mol. The minimum absolute atomic E-state index is 0.138. The van der Waals surface area contributed by atoms with E-state index in [2.05, 4.69) is 10.3 Å². The van der Waals surface area contributed by atoms with Crippen LogP contribution in [-0.4, -0.2) is 16.9 Å². The fraction of sp³-hybridized carbons (Fsp3) is 0.455. The topological polar surface area (TPSA) is 68.0 Å². The molecule has 1 heterocycles. The summed E-state index contributed by atoms with van der Waals surface area (Å²) in [5, 5.41) is 3.17. The van der Waals surface area contributed by atoms with Gasteiger partial charge in [0.2, 0.25) is 5.91 Å². The van der Waals surface area contributed by atoms with Crippen molar-refractivity contribution in [2.75, 3.05) is 5.32 Å². The first-order valence-electron chi connectivity index (χ1n) is 5.22. The number of aromatic nitrogens is 1. The molecule has 0 aliphatic carbocycles. The second kappa shape index (κ2) is 5.82. The van der Waals surface area contributed by atoms with Crippen LogP contribution in [0.4, 0.5) is 5.82 Å². The molecule has 88 valence electrons. The number of nitrogens with two attached hydrogens (primary N) is 1. The van der Waals surface area contributed by atoms with E-state index in [1.54, 1.807) is 12.1 Å². The molecule has 0 aliphatic rings. The molecule has 0 saturated heterocycles. The molecule has 1 unspecified atom stereocenters. The van der Waals surface area contributed by atoms with Crippen LogP contribution in [-0.2, 0) is 4.79 Å². The van der Waals surface area contributed by atoms with Crippen molar-refractivity contribution in [3.63, 3.8) is 0 Å². The summed E-state index contributed by atoms with van der Waals surface area (Å²) >= 11 is 5.78. The predicted octanol–water partition coefficient (Wildman–Crippen LogP) is 2.05. The van der Waals surface area contributed by atoms with Crippen molar-refractivity contribution >= 4 is 23.3 Å². The molecule has 0 aliphatic heterocycles. The van der Waals surface area contributed by atoms with Gasteiger partial charge >= 0.3 is 0 Å². The number of amides is 1. The average molecular weight is 242 g/mol. The quantitative estimate of drug-likeness (QED) is 0.848. The zero-order valence-corrected chi connectivity index (χ0v) is 10.2. The standard InChI is InChI=1S/C11H16ClN3O/c1-3-7(2)10(13)11(16)15-9-6-8(12)4-5-14-9/h4-7,10H,3,13H2,1-2H3,(H,14,15,16)/t7?,10-/m0/s1. The van der Waals surface area contributed by atoms with Gasteiger partial charge in [-0.3, -0.25) is 4.79 Å². The van der Waals surface area contributed by atoms with Gasteiger partial charge in [0.05, 0.1) is 6.04 Å². The third-order valence-electron chi connectivity index (χ3n) is 2.53. The van der Waals surface area contributed by atoms with E-state index in [-0.39, 0.29) is 11.8 Å². The van der Waals surface area contributed by atoms with Gasteiger partial charge in [-0.1, -0.05) is 31.9 Å². The van der Waals surface area contributed by atoms with Crippen LogP contribution in [0.3, 0.4) is 0 Å². The Hall–Kier alpha value is -1.13. The summed E-state index contributed by atoms with van der Waals surface area (Å²) in [6, 6.07) is 2.71. The molecule has 0 saturated carbocycles. The lowest BCUT2D eigenvalue weighted by atomic mass is 9.99. The van der Waals surface area contributed by atoms with Gasteiger partial charge in [-0.05, 0) is 18.1 Å². The van der Waals surface area contributed by atoms with E-state index in [1.165, 1.54) is 6.20 Å². The number of anilines is 1. The van der Waals surface area contributed by atoms with Gasteiger partial charge in [-0.25, -0.2) is 4.98 Å². The number of rotatable bonds is 4. The van der Waals surface area contributed by atoms with Crippen molar-refractivity contribution < 1.29 is 4.79 Å². The van der Waals surface area contributed by atoms with Crippen LogP contribution >= 0.6 is 11.6 Å². The molecule has 3 N–H and O–H groups in total. The van der Waals surface area contributed by atoms with Gasteiger partial charge in [0.1, 0.15) is 5.82 Å². The number of nitrogens with zero attached hydrogens (tertiary/aromatic N) is 1. The monoisotopic (exact) mass is 241 g/mol. The SMILES string of the molecule is CCC(C)[C@H](N)C(=O)Nc1cc(Cl)ccn1. The van der Waals surface area contributed by atoms with E-state index in [4.69, 9.17) is 17.3 Å². The molecule has 1 aromatic heterocycles. The van der Waals surface area contributed by atoms with Crippen molar-refractivity contribution in [3.8, 4) is 0 Å². The first-order chi connectivity index (χ1) is 7.54. The van der Waals surface area contributed by atoms with Gasteiger partial charge in [0.15, 0.2) is 0 Å². The fourth-order valence-electron chi connectivity index (χ4n) is 1.20. The minimum atomic E-state index is -0.522. The number of nitrogens with one attached hydrogen (secondary N) is 1. The van der Waals surface area contributed by atoms with E-state index in [9.17, 15) is 4.79 Å². The molecule has 0 fully saturated rings. The molecule has 5 heteroatoms. The molecule has 0 bridgehead atoms. The lowest BCUT2D eigenvalue weighted by Gasteiger charge is -2.17. The van der Waals surface area contributed by atoms with E-state index in [0.717, 1.165) is 6.42 Å². The van der Waals surface area contributed by atoms with Crippen LogP contribution in [0, 0.1) is 5.92 Å². The molecular weight excluding hydrogens is 226 g/mol. The van der Waals surface area contributed by atoms with Gasteiger partial charge in [0.25, 0.3) is 0 Å². The Morgan fingerprint density at radius 1 is 1.69 bits per heavy atom. The van der Waals surface area contributed by atoms with Crippen LogP contribution in [0.1, 0.15) is 20.3 Å². The second-order valence-corrected chi connectivity index (χ2v) is 4.20. The van der Waals surface area contributed by atoms with E-state index in [1.807, 2.05) is 13.8 Å². The van der Waals surface area contributed by atoms with Gasteiger partial charge in [0, 0.05) is 11.2 Å². The van der Waals surface area contributed by atoms with Gasteiger partial charge in [-0.15, -0.1) is 0 Å². The highest BCUT2D eigenvalue weighted by Crippen LogP contribution is 2.13. The van der Waals surface area contributed by atoms with Crippen LogP contribution in [0.25, 0.3) is 0 Å².